The van der Waals surface area contributed by atoms with Gasteiger partial charge in [-0.2, -0.15) is 11.8 Å². The monoisotopic (exact) mass is 413 g/mol. The maximum atomic E-state index is 12.7. The number of amides is 3. The van der Waals surface area contributed by atoms with Crippen molar-refractivity contribution < 1.29 is 9.59 Å². The van der Waals surface area contributed by atoms with E-state index in [0.717, 1.165) is 36.8 Å². The highest BCUT2D eigenvalue weighted by Gasteiger charge is 2.22. The lowest BCUT2D eigenvalue weighted by Gasteiger charge is -2.27. The van der Waals surface area contributed by atoms with Gasteiger partial charge in [-0.05, 0) is 36.2 Å². The van der Waals surface area contributed by atoms with E-state index < -0.39 is 0 Å². The highest BCUT2D eigenvalue weighted by molar-refractivity contribution is 7.99. The molecule has 2 aromatic carbocycles. The molecule has 0 unspecified atom stereocenters. The number of nitrogens with zero attached hydrogens (tertiary/aromatic N) is 1. The summed E-state index contributed by atoms with van der Waals surface area (Å²) < 4.78 is 0. The highest BCUT2D eigenvalue weighted by Crippen LogP contribution is 2.35. The third-order valence-electron chi connectivity index (χ3n) is 4.93. The fourth-order valence-corrected chi connectivity index (χ4v) is 5.52. The normalized spacial score (nSPS) is 18.9. The van der Waals surface area contributed by atoms with E-state index >= 15 is 0 Å². The van der Waals surface area contributed by atoms with Crippen LogP contribution in [0.15, 0.2) is 53.4 Å². The van der Waals surface area contributed by atoms with Gasteiger partial charge in [0.15, 0.2) is 0 Å². The second-order valence-corrected chi connectivity index (χ2v) is 9.17. The average Bonchev–Trinajstić information content (AvgIpc) is 2.74. The molecule has 0 aliphatic carbocycles. The Morgan fingerprint density at radius 3 is 2.68 bits per heavy atom. The first-order valence-electron chi connectivity index (χ1n) is 9.47. The van der Waals surface area contributed by atoms with Crippen LogP contribution in [0.25, 0.3) is 0 Å². The number of carbonyl (C=O) groups excluding carboxylic acids is 2. The topological polar surface area (TPSA) is 61.4 Å². The molecule has 2 heterocycles. The van der Waals surface area contributed by atoms with Crippen molar-refractivity contribution in [2.45, 2.75) is 17.4 Å². The third-order valence-corrected chi connectivity index (χ3v) is 6.99. The number of hydrogen-bond donors (Lipinski definition) is 2. The number of nitrogens with one attached hydrogen (secondary N) is 2. The molecule has 3 amide bonds. The van der Waals surface area contributed by atoms with E-state index in [0.29, 0.717) is 11.3 Å². The van der Waals surface area contributed by atoms with Crippen molar-refractivity contribution in [2.24, 2.45) is 0 Å². The molecule has 28 heavy (non-hydrogen) atoms. The molecule has 0 aromatic heterocycles. The van der Waals surface area contributed by atoms with Gasteiger partial charge in [0.25, 0.3) is 5.91 Å². The van der Waals surface area contributed by atoms with Crippen molar-refractivity contribution in [3.8, 4) is 0 Å². The van der Waals surface area contributed by atoms with E-state index in [1.165, 1.54) is 10.5 Å². The molecule has 4 rings (SSSR count). The van der Waals surface area contributed by atoms with Crippen LogP contribution in [0, 0.1) is 0 Å². The molecule has 2 N–H and O–H groups in total. The molecular formula is C21H23N3O2S2. The van der Waals surface area contributed by atoms with E-state index in [1.54, 1.807) is 6.07 Å². The zero-order valence-electron chi connectivity index (χ0n) is 15.5. The van der Waals surface area contributed by atoms with Crippen molar-refractivity contribution in [2.75, 3.05) is 35.7 Å². The number of anilines is 1. The number of benzene rings is 2. The van der Waals surface area contributed by atoms with Crippen LogP contribution in [0.2, 0.25) is 0 Å². The Bertz CT molecular complexity index is 868. The van der Waals surface area contributed by atoms with E-state index in [4.69, 9.17) is 0 Å². The third kappa shape index (κ3) is 4.47. The minimum Gasteiger partial charge on any atom is -0.337 e. The second kappa shape index (κ2) is 8.92. The average molecular weight is 414 g/mol. The molecule has 146 valence electrons. The Morgan fingerprint density at radius 2 is 1.82 bits per heavy atom. The lowest BCUT2D eigenvalue weighted by molar-refractivity contribution is 0.0772. The molecule has 0 radical (unpaired) electrons. The Kier molecular flexibility index (Phi) is 6.12. The SMILES string of the molecule is O=C(Nc1cccc(C(=O)N2CCSCC2)c1)N[C@H]1CCSc2ccccc21. The number of fused-ring (bicyclic) bond motifs is 1. The molecule has 1 fully saturated rings. The van der Waals surface area contributed by atoms with Crippen LogP contribution < -0.4 is 10.6 Å². The van der Waals surface area contributed by atoms with Gasteiger partial charge >= 0.3 is 6.03 Å². The molecule has 1 saturated heterocycles. The summed E-state index contributed by atoms with van der Waals surface area (Å²) in [4.78, 5) is 28.3. The van der Waals surface area contributed by atoms with E-state index in [9.17, 15) is 9.59 Å². The summed E-state index contributed by atoms with van der Waals surface area (Å²) in [5.41, 5.74) is 2.41. The number of hydrogen-bond acceptors (Lipinski definition) is 4. The largest absolute Gasteiger partial charge is 0.337 e. The van der Waals surface area contributed by atoms with Gasteiger partial charge in [0.2, 0.25) is 0 Å². The zero-order chi connectivity index (χ0) is 19.3. The summed E-state index contributed by atoms with van der Waals surface area (Å²) >= 11 is 3.70. The van der Waals surface area contributed by atoms with Crippen LogP contribution in [0.4, 0.5) is 10.5 Å². The maximum Gasteiger partial charge on any atom is 0.319 e. The predicted octanol–water partition coefficient (Wildman–Crippen LogP) is 4.23. The number of urea groups is 1. The summed E-state index contributed by atoms with van der Waals surface area (Å²) in [6.07, 6.45) is 0.903. The van der Waals surface area contributed by atoms with E-state index in [1.807, 2.05) is 58.8 Å². The van der Waals surface area contributed by atoms with Gasteiger partial charge in [-0.1, -0.05) is 24.3 Å². The van der Waals surface area contributed by atoms with Crippen LogP contribution in [-0.2, 0) is 0 Å². The minimum atomic E-state index is -0.245. The van der Waals surface area contributed by atoms with Crippen molar-refractivity contribution in [3.05, 3.63) is 59.7 Å². The Balaban J connectivity index is 1.41. The molecule has 7 heteroatoms. The first-order chi connectivity index (χ1) is 13.7. The first-order valence-corrected chi connectivity index (χ1v) is 11.6. The smallest absolute Gasteiger partial charge is 0.319 e. The standard InChI is InChI=1S/C21H23N3O2S2/c25-20(24-9-12-27-13-10-24)15-4-3-5-16(14-15)22-21(26)23-18-8-11-28-19-7-2-1-6-17(18)19/h1-7,14,18H,8-13H2,(H2,22,23,26)/t18-/m0/s1. The predicted molar refractivity (Wildman–Crippen MR) is 116 cm³/mol. The fraction of sp³-hybridized carbons (Fsp3) is 0.333. The Labute approximate surface area is 173 Å². The minimum absolute atomic E-state index is 0.00751. The first kappa shape index (κ1) is 19.2. The number of carbonyl (C=O) groups is 2. The summed E-state index contributed by atoms with van der Waals surface area (Å²) in [6.45, 7) is 1.56. The molecule has 1 atom stereocenters. The quantitative estimate of drug-likeness (QED) is 0.790. The Hall–Kier alpha value is -2.12. The van der Waals surface area contributed by atoms with Gasteiger partial charge in [-0.25, -0.2) is 4.79 Å². The molecule has 2 aliphatic heterocycles. The van der Waals surface area contributed by atoms with Crippen molar-refractivity contribution in [1.82, 2.24) is 10.2 Å². The van der Waals surface area contributed by atoms with Crippen LogP contribution >= 0.6 is 23.5 Å². The van der Waals surface area contributed by atoms with Crippen LogP contribution in [0.1, 0.15) is 28.4 Å². The van der Waals surface area contributed by atoms with Crippen LogP contribution in [0.3, 0.4) is 0 Å². The lowest BCUT2D eigenvalue weighted by atomic mass is 10.0. The van der Waals surface area contributed by atoms with Crippen molar-refractivity contribution >= 4 is 41.1 Å². The fourth-order valence-electron chi connectivity index (χ4n) is 3.50. The molecule has 0 spiro atoms. The molecular weight excluding hydrogens is 390 g/mol. The number of rotatable bonds is 3. The molecule has 5 nitrogen and oxygen atoms in total. The van der Waals surface area contributed by atoms with Crippen LogP contribution in [-0.4, -0.2) is 47.2 Å². The lowest BCUT2D eigenvalue weighted by Crippen LogP contribution is -2.38. The van der Waals surface area contributed by atoms with E-state index in [-0.39, 0.29) is 18.0 Å². The van der Waals surface area contributed by atoms with Gasteiger partial charge in [0, 0.05) is 46.5 Å². The van der Waals surface area contributed by atoms with E-state index in [2.05, 4.69) is 22.8 Å². The van der Waals surface area contributed by atoms with Gasteiger partial charge in [-0.15, -0.1) is 11.8 Å². The summed E-state index contributed by atoms with van der Waals surface area (Å²) in [7, 11) is 0. The molecule has 2 aromatic rings. The highest BCUT2D eigenvalue weighted by atomic mass is 32.2. The summed E-state index contributed by atoms with van der Waals surface area (Å²) in [6, 6.07) is 15.2. The molecule has 0 saturated carbocycles. The summed E-state index contributed by atoms with van der Waals surface area (Å²) in [5, 5.41) is 5.96. The summed E-state index contributed by atoms with van der Waals surface area (Å²) in [5.74, 6) is 2.98. The van der Waals surface area contributed by atoms with Crippen LogP contribution in [0.5, 0.6) is 0 Å². The van der Waals surface area contributed by atoms with Gasteiger partial charge in [-0.3, -0.25) is 4.79 Å². The second-order valence-electron chi connectivity index (χ2n) is 6.81. The zero-order valence-corrected chi connectivity index (χ0v) is 17.2. The Morgan fingerprint density at radius 1 is 1.00 bits per heavy atom. The van der Waals surface area contributed by atoms with Gasteiger partial charge < -0.3 is 15.5 Å². The number of thioether (sulfide) groups is 2. The van der Waals surface area contributed by atoms with Gasteiger partial charge in [0.05, 0.1) is 6.04 Å². The molecule has 2 aliphatic rings. The molecule has 0 bridgehead atoms. The van der Waals surface area contributed by atoms with Gasteiger partial charge in [0.1, 0.15) is 0 Å². The van der Waals surface area contributed by atoms with Crippen molar-refractivity contribution in [1.29, 1.82) is 0 Å². The maximum absolute atomic E-state index is 12.7. The van der Waals surface area contributed by atoms with Crippen molar-refractivity contribution in [3.63, 3.8) is 0 Å².